The number of hydrogen-bond acceptors (Lipinski definition) is 8. The van der Waals surface area contributed by atoms with Crippen LogP contribution in [0.15, 0.2) is 34.5 Å². The molecule has 0 spiro atoms. The van der Waals surface area contributed by atoms with Crippen molar-refractivity contribution in [1.29, 1.82) is 0 Å². The second-order valence-electron chi connectivity index (χ2n) is 5.78. The van der Waals surface area contributed by atoms with Gasteiger partial charge in [0.2, 0.25) is 5.56 Å². The van der Waals surface area contributed by atoms with Crippen LogP contribution in [0.2, 0.25) is 0 Å². The number of ether oxygens (including phenoxy) is 1. The molecule has 0 atom stereocenters. The van der Waals surface area contributed by atoms with Gasteiger partial charge in [-0.1, -0.05) is 11.8 Å². The van der Waals surface area contributed by atoms with Crippen molar-refractivity contribution in [2.45, 2.75) is 11.7 Å². The van der Waals surface area contributed by atoms with Crippen LogP contribution in [0.5, 0.6) is 0 Å². The molecule has 0 bridgehead atoms. The van der Waals surface area contributed by atoms with E-state index in [-0.39, 0.29) is 11.5 Å². The molecule has 0 unspecified atom stereocenters. The molecule has 0 saturated heterocycles. The molecule has 3 rings (SSSR count). The minimum absolute atomic E-state index is 0.251. The lowest BCUT2D eigenvalue weighted by Crippen LogP contribution is -2.28. The minimum atomic E-state index is -0.269. The molecule has 28 heavy (non-hydrogen) atoms. The average Bonchev–Trinajstić information content (AvgIpc) is 3.11. The highest BCUT2D eigenvalue weighted by Gasteiger charge is 2.13. The Hall–Kier alpha value is -2.92. The van der Waals surface area contributed by atoms with Gasteiger partial charge in [0.1, 0.15) is 5.82 Å². The van der Waals surface area contributed by atoms with E-state index in [2.05, 4.69) is 30.7 Å². The molecule has 3 aromatic heterocycles. The number of fused-ring (bicyclic) bond motifs is 1. The lowest BCUT2D eigenvalue weighted by Gasteiger charge is -2.09. The molecule has 10 nitrogen and oxygen atoms in total. The molecule has 3 aromatic rings. The number of nitrogens with one attached hydrogen (secondary N) is 3. The highest BCUT2D eigenvalue weighted by atomic mass is 32.2. The van der Waals surface area contributed by atoms with E-state index in [1.807, 2.05) is 6.26 Å². The van der Waals surface area contributed by atoms with Crippen LogP contribution < -0.4 is 16.2 Å². The van der Waals surface area contributed by atoms with Gasteiger partial charge < -0.3 is 20.4 Å². The predicted molar refractivity (Wildman–Crippen MR) is 107 cm³/mol. The number of amides is 1. The Kier molecular flexibility index (Phi) is 6.61. The summed E-state index contributed by atoms with van der Waals surface area (Å²) in [5.74, 6) is 0.434. The molecular formula is C17H21N7O3S. The van der Waals surface area contributed by atoms with Crippen molar-refractivity contribution in [3.8, 4) is 0 Å². The second kappa shape index (κ2) is 9.33. The summed E-state index contributed by atoms with van der Waals surface area (Å²) < 4.78 is 6.79. The third kappa shape index (κ3) is 4.67. The third-order valence-corrected chi connectivity index (χ3v) is 4.46. The summed E-state index contributed by atoms with van der Waals surface area (Å²) >= 11 is 1.44. The zero-order chi connectivity index (χ0) is 19.9. The zero-order valence-electron chi connectivity index (χ0n) is 15.6. The Balaban J connectivity index is 1.70. The zero-order valence-corrected chi connectivity index (χ0v) is 16.4. The Labute approximate surface area is 165 Å². The normalized spacial score (nSPS) is 10.9. The van der Waals surface area contributed by atoms with E-state index in [1.54, 1.807) is 18.0 Å². The maximum Gasteiger partial charge on any atom is 0.252 e. The van der Waals surface area contributed by atoms with Crippen LogP contribution in [0.3, 0.4) is 0 Å². The molecule has 0 aliphatic rings. The Morgan fingerprint density at radius 1 is 1.32 bits per heavy atom. The summed E-state index contributed by atoms with van der Waals surface area (Å²) in [5, 5.41) is 11.9. The molecule has 148 valence electrons. The molecule has 0 aliphatic heterocycles. The quantitative estimate of drug-likeness (QED) is 0.271. The molecule has 3 heterocycles. The predicted octanol–water partition coefficient (Wildman–Crippen LogP) is 0.725. The van der Waals surface area contributed by atoms with Crippen LogP contribution >= 0.6 is 11.8 Å². The van der Waals surface area contributed by atoms with E-state index in [1.165, 1.54) is 30.1 Å². The monoisotopic (exact) mass is 403 g/mol. The van der Waals surface area contributed by atoms with E-state index >= 15 is 0 Å². The largest absolute Gasteiger partial charge is 0.383 e. The number of thioether (sulfide) groups is 1. The number of pyridine rings is 1. The molecule has 11 heteroatoms. The fourth-order valence-corrected chi connectivity index (χ4v) is 2.89. The molecule has 1 amide bonds. The minimum Gasteiger partial charge on any atom is -0.383 e. The van der Waals surface area contributed by atoms with Gasteiger partial charge in [0, 0.05) is 32.5 Å². The van der Waals surface area contributed by atoms with E-state index in [9.17, 15) is 9.59 Å². The fourth-order valence-electron chi connectivity index (χ4n) is 2.53. The number of nitrogens with zero attached hydrogens (tertiary/aromatic N) is 4. The van der Waals surface area contributed by atoms with Gasteiger partial charge in [0.15, 0.2) is 10.8 Å². The summed E-state index contributed by atoms with van der Waals surface area (Å²) in [4.78, 5) is 34.7. The lowest BCUT2D eigenvalue weighted by atomic mass is 10.3. The first-order chi connectivity index (χ1) is 13.6. The van der Waals surface area contributed by atoms with Crippen LogP contribution in [0.4, 0.5) is 5.82 Å². The van der Waals surface area contributed by atoms with E-state index in [0.717, 1.165) is 5.39 Å². The number of H-pyrrole nitrogens is 1. The summed E-state index contributed by atoms with van der Waals surface area (Å²) in [6, 6.07) is 2.79. The molecule has 0 saturated carbocycles. The molecule has 3 N–H and O–H groups in total. The maximum absolute atomic E-state index is 12.1. The first-order valence-corrected chi connectivity index (χ1v) is 9.82. The molecule has 0 radical (unpaired) electrons. The summed E-state index contributed by atoms with van der Waals surface area (Å²) in [6.07, 6.45) is 5.00. The number of carbonyl (C=O) groups is 1. The number of rotatable bonds is 9. The van der Waals surface area contributed by atoms with Gasteiger partial charge in [-0.2, -0.15) is 5.10 Å². The number of methoxy groups -OCH3 is 1. The van der Waals surface area contributed by atoms with Gasteiger partial charge in [0.05, 0.1) is 30.3 Å². The van der Waals surface area contributed by atoms with E-state index in [4.69, 9.17) is 4.74 Å². The summed E-state index contributed by atoms with van der Waals surface area (Å²) in [6.45, 7) is 1.99. The van der Waals surface area contributed by atoms with Gasteiger partial charge in [0.25, 0.3) is 5.91 Å². The van der Waals surface area contributed by atoms with Crippen molar-refractivity contribution >= 4 is 34.5 Å². The number of aromatic amines is 1. The van der Waals surface area contributed by atoms with Crippen molar-refractivity contribution in [1.82, 2.24) is 30.0 Å². The van der Waals surface area contributed by atoms with Crippen LogP contribution in [0.1, 0.15) is 10.4 Å². The topological polar surface area (TPSA) is 127 Å². The van der Waals surface area contributed by atoms with Crippen molar-refractivity contribution in [2.75, 3.05) is 38.4 Å². The summed E-state index contributed by atoms with van der Waals surface area (Å²) in [5.41, 5.74) is 0.831. The first kappa shape index (κ1) is 19.8. The Morgan fingerprint density at radius 2 is 2.18 bits per heavy atom. The molecule has 0 aliphatic carbocycles. The van der Waals surface area contributed by atoms with Gasteiger partial charge in [-0.3, -0.25) is 9.59 Å². The Bertz CT molecular complexity index is 997. The maximum atomic E-state index is 12.1. The van der Waals surface area contributed by atoms with Gasteiger partial charge in [-0.05, 0) is 12.3 Å². The summed E-state index contributed by atoms with van der Waals surface area (Å²) in [7, 11) is 1.64. The second-order valence-corrected chi connectivity index (χ2v) is 6.55. The highest BCUT2D eigenvalue weighted by molar-refractivity contribution is 7.98. The van der Waals surface area contributed by atoms with Crippen LogP contribution in [-0.2, 0) is 11.3 Å². The first-order valence-electron chi connectivity index (χ1n) is 8.59. The van der Waals surface area contributed by atoms with Gasteiger partial charge in [-0.25, -0.2) is 14.6 Å². The van der Waals surface area contributed by atoms with Crippen LogP contribution in [0, 0.1) is 0 Å². The average molecular weight is 403 g/mol. The number of anilines is 1. The van der Waals surface area contributed by atoms with Crippen molar-refractivity contribution in [3.63, 3.8) is 0 Å². The van der Waals surface area contributed by atoms with E-state index in [0.29, 0.717) is 48.4 Å². The Morgan fingerprint density at radius 3 is 2.89 bits per heavy atom. The van der Waals surface area contributed by atoms with Gasteiger partial charge in [-0.15, -0.1) is 0 Å². The SMILES string of the molecule is COCCNc1nc(SC)nc2c1cnn2CCNC(=O)c1ccc(=O)[nH]c1. The van der Waals surface area contributed by atoms with Crippen LogP contribution in [-0.4, -0.2) is 63.7 Å². The van der Waals surface area contributed by atoms with Crippen molar-refractivity contribution < 1.29 is 9.53 Å². The smallest absolute Gasteiger partial charge is 0.252 e. The van der Waals surface area contributed by atoms with Crippen molar-refractivity contribution in [3.05, 3.63) is 40.4 Å². The molecule has 0 fully saturated rings. The van der Waals surface area contributed by atoms with Crippen molar-refractivity contribution in [2.24, 2.45) is 0 Å². The van der Waals surface area contributed by atoms with Gasteiger partial charge >= 0.3 is 0 Å². The van der Waals surface area contributed by atoms with E-state index < -0.39 is 0 Å². The fraction of sp³-hybridized carbons (Fsp3) is 0.353. The lowest BCUT2D eigenvalue weighted by molar-refractivity contribution is 0.0951. The number of aromatic nitrogens is 5. The molecule has 0 aromatic carbocycles. The highest BCUT2D eigenvalue weighted by Crippen LogP contribution is 2.23. The number of hydrogen-bond donors (Lipinski definition) is 3. The third-order valence-electron chi connectivity index (χ3n) is 3.91. The standard InChI is InChI=1S/C17H21N7O3S/c1-27-8-6-18-14-12-10-21-24(15(12)23-17(22-14)28-2)7-5-19-16(26)11-3-4-13(25)20-9-11/h3-4,9-10H,5-8H2,1-2H3,(H,19,26)(H,20,25)(H,18,22,23). The molecular weight excluding hydrogens is 382 g/mol. The number of carbonyl (C=O) groups excluding carboxylic acids is 1. The van der Waals surface area contributed by atoms with Crippen LogP contribution in [0.25, 0.3) is 11.0 Å².